The van der Waals surface area contributed by atoms with E-state index in [-0.39, 0.29) is 24.4 Å². The molecule has 0 saturated carbocycles. The SMILES string of the molecule is C=C(C)C(=O)O.C=C(C)C(=O)O.NC(=O)O.OCCO. The number of carbonyl (C=O) groups is 3. The molecule has 0 bridgehead atoms. The Balaban J connectivity index is -0.0000000871. The van der Waals surface area contributed by atoms with Gasteiger partial charge in [-0.25, -0.2) is 14.4 Å². The van der Waals surface area contributed by atoms with Crippen LogP contribution in [0.3, 0.4) is 0 Å². The maximum absolute atomic E-state index is 9.60. The molecule has 0 aliphatic rings. The molecule has 0 unspecified atom stereocenters. The second-order valence-corrected chi connectivity index (χ2v) is 2.96. The second-order valence-electron chi connectivity index (χ2n) is 2.96. The van der Waals surface area contributed by atoms with Crippen molar-refractivity contribution >= 4 is 18.0 Å². The summed E-state index contributed by atoms with van der Waals surface area (Å²) >= 11 is 0. The average Bonchev–Trinajstić information content (AvgIpc) is 2.29. The first-order valence-electron chi connectivity index (χ1n) is 4.91. The van der Waals surface area contributed by atoms with E-state index in [9.17, 15) is 9.59 Å². The molecule has 0 aromatic heterocycles. The average molecular weight is 295 g/mol. The minimum absolute atomic E-state index is 0.125. The van der Waals surface area contributed by atoms with E-state index in [2.05, 4.69) is 18.9 Å². The number of hydrogen-bond donors (Lipinski definition) is 6. The highest BCUT2D eigenvalue weighted by Crippen LogP contribution is 1.81. The maximum Gasteiger partial charge on any atom is 0.402 e. The molecule has 0 aliphatic heterocycles. The number of amides is 1. The lowest BCUT2D eigenvalue weighted by Gasteiger charge is -1.79. The summed E-state index contributed by atoms with van der Waals surface area (Å²) in [4.78, 5) is 28.0. The molecule has 118 valence electrons. The molecule has 0 radical (unpaired) electrons. The topological polar surface area (TPSA) is 178 Å². The van der Waals surface area contributed by atoms with Gasteiger partial charge in [0.25, 0.3) is 0 Å². The van der Waals surface area contributed by atoms with Crippen LogP contribution in [0.15, 0.2) is 24.3 Å². The first-order valence-corrected chi connectivity index (χ1v) is 4.91. The Bertz CT molecular complexity index is 270. The Morgan fingerprint density at radius 3 is 0.950 bits per heavy atom. The number of aliphatic carboxylic acids is 2. The maximum atomic E-state index is 9.60. The smallest absolute Gasteiger partial charge is 0.402 e. The van der Waals surface area contributed by atoms with Gasteiger partial charge in [-0.05, 0) is 13.8 Å². The van der Waals surface area contributed by atoms with E-state index in [1.165, 1.54) is 13.8 Å². The van der Waals surface area contributed by atoms with Gasteiger partial charge in [0.05, 0.1) is 13.2 Å². The zero-order valence-corrected chi connectivity index (χ0v) is 11.4. The van der Waals surface area contributed by atoms with Crippen molar-refractivity contribution in [3.63, 3.8) is 0 Å². The lowest BCUT2D eigenvalue weighted by atomic mass is 10.4. The summed E-state index contributed by atoms with van der Waals surface area (Å²) in [6.45, 7) is 8.95. The highest BCUT2D eigenvalue weighted by Gasteiger charge is 1.90. The largest absolute Gasteiger partial charge is 0.478 e. The Labute approximate surface area is 116 Å². The molecule has 0 aromatic carbocycles. The summed E-state index contributed by atoms with van der Waals surface area (Å²) < 4.78 is 0. The number of aliphatic hydroxyl groups excluding tert-OH is 2. The molecule has 0 atom stereocenters. The van der Waals surface area contributed by atoms with Gasteiger partial charge in [-0.15, -0.1) is 0 Å². The van der Waals surface area contributed by atoms with Crippen molar-refractivity contribution in [1.82, 2.24) is 0 Å². The summed E-state index contributed by atoms with van der Waals surface area (Å²) in [7, 11) is 0. The molecular formula is C11H21NO8. The quantitative estimate of drug-likeness (QED) is 0.390. The van der Waals surface area contributed by atoms with Gasteiger partial charge in [-0.3, -0.25) is 0 Å². The minimum Gasteiger partial charge on any atom is -0.478 e. The molecule has 1 amide bonds. The summed E-state index contributed by atoms with van der Waals surface area (Å²) in [5.74, 6) is -1.87. The third-order valence-electron chi connectivity index (χ3n) is 0.830. The van der Waals surface area contributed by atoms with E-state index in [4.69, 9.17) is 30.3 Å². The molecule has 0 heterocycles. The summed E-state index contributed by atoms with van der Waals surface area (Å²) in [6, 6.07) is 0. The van der Waals surface area contributed by atoms with Gasteiger partial charge in [-0.1, -0.05) is 13.2 Å². The van der Waals surface area contributed by atoms with Crippen LogP contribution >= 0.6 is 0 Å². The predicted octanol–water partition coefficient (Wildman–Crippen LogP) is -0.112. The van der Waals surface area contributed by atoms with E-state index in [0.717, 1.165) is 0 Å². The summed E-state index contributed by atoms with van der Waals surface area (Å²) in [5, 5.41) is 38.2. The van der Waals surface area contributed by atoms with Crippen LogP contribution in [-0.2, 0) is 9.59 Å². The lowest BCUT2D eigenvalue weighted by molar-refractivity contribution is -0.133. The fourth-order valence-electron chi connectivity index (χ4n) is 0. The number of primary amides is 1. The molecule has 0 aromatic rings. The van der Waals surface area contributed by atoms with Gasteiger partial charge in [0.15, 0.2) is 0 Å². The number of carboxylic acid groups (broad SMARTS) is 3. The molecule has 0 saturated heterocycles. The van der Waals surface area contributed by atoms with Gasteiger partial charge in [0.2, 0.25) is 0 Å². The van der Waals surface area contributed by atoms with E-state index >= 15 is 0 Å². The van der Waals surface area contributed by atoms with Crippen LogP contribution in [-0.4, -0.2) is 56.8 Å². The lowest BCUT2D eigenvalue weighted by Crippen LogP contribution is -2.03. The van der Waals surface area contributed by atoms with Crippen molar-refractivity contribution in [2.45, 2.75) is 13.8 Å². The zero-order valence-electron chi connectivity index (χ0n) is 11.4. The normalized spacial score (nSPS) is 7.20. The highest BCUT2D eigenvalue weighted by atomic mass is 16.4. The van der Waals surface area contributed by atoms with Crippen molar-refractivity contribution in [1.29, 1.82) is 0 Å². The summed E-state index contributed by atoms with van der Waals surface area (Å²) in [5.41, 5.74) is 4.38. The molecule has 9 heteroatoms. The van der Waals surface area contributed by atoms with E-state index in [1.54, 1.807) is 0 Å². The Morgan fingerprint density at radius 2 is 0.950 bits per heavy atom. The third kappa shape index (κ3) is 76.3. The fraction of sp³-hybridized carbons (Fsp3) is 0.364. The number of hydrogen-bond acceptors (Lipinski definition) is 5. The standard InChI is InChI=1S/2C4H6O2.C2H6O2.CH3NO2/c2*1-3(2)4(5)6;3-1-2-4;2-1(3)4/h2*1H2,2H3,(H,5,6);3-4H,1-2H2;2H2,(H,3,4). The number of rotatable bonds is 3. The summed E-state index contributed by atoms with van der Waals surface area (Å²) in [6.07, 6.45) is -1.33. The van der Waals surface area contributed by atoms with Crippen LogP contribution in [0.1, 0.15) is 13.8 Å². The van der Waals surface area contributed by atoms with Crippen LogP contribution in [0.5, 0.6) is 0 Å². The predicted molar refractivity (Wildman–Crippen MR) is 71.3 cm³/mol. The van der Waals surface area contributed by atoms with Crippen LogP contribution in [0.4, 0.5) is 4.79 Å². The Kier molecular flexibility index (Phi) is 24.9. The number of aliphatic hydroxyl groups is 2. The van der Waals surface area contributed by atoms with Crippen molar-refractivity contribution in [2.75, 3.05) is 13.2 Å². The molecular weight excluding hydrogens is 274 g/mol. The van der Waals surface area contributed by atoms with Crippen LogP contribution in [0, 0.1) is 0 Å². The van der Waals surface area contributed by atoms with Crippen LogP contribution < -0.4 is 5.73 Å². The fourth-order valence-corrected chi connectivity index (χ4v) is 0. The zero-order chi connectivity index (χ0) is 17.3. The monoisotopic (exact) mass is 295 g/mol. The van der Waals surface area contributed by atoms with E-state index in [0.29, 0.717) is 0 Å². The molecule has 20 heavy (non-hydrogen) atoms. The van der Waals surface area contributed by atoms with Crippen LogP contribution in [0.2, 0.25) is 0 Å². The molecule has 0 rings (SSSR count). The number of carboxylic acids is 2. The molecule has 0 spiro atoms. The molecule has 0 aliphatic carbocycles. The van der Waals surface area contributed by atoms with Crippen molar-refractivity contribution in [3.05, 3.63) is 24.3 Å². The Morgan fingerprint density at radius 1 is 0.850 bits per heavy atom. The van der Waals surface area contributed by atoms with Gasteiger partial charge in [0, 0.05) is 11.1 Å². The number of nitrogens with two attached hydrogens (primary N) is 1. The van der Waals surface area contributed by atoms with Gasteiger partial charge < -0.3 is 31.3 Å². The van der Waals surface area contributed by atoms with E-state index < -0.39 is 18.0 Å². The highest BCUT2D eigenvalue weighted by molar-refractivity contribution is 5.85. The van der Waals surface area contributed by atoms with E-state index in [1.807, 2.05) is 0 Å². The van der Waals surface area contributed by atoms with Gasteiger partial charge in [-0.2, -0.15) is 0 Å². The van der Waals surface area contributed by atoms with Gasteiger partial charge in [0.1, 0.15) is 0 Å². The second kappa shape index (κ2) is 19.0. The molecule has 7 N–H and O–H groups in total. The molecule has 0 fully saturated rings. The first kappa shape index (κ1) is 26.2. The third-order valence-corrected chi connectivity index (χ3v) is 0.830. The Hall–Kier alpha value is -2.39. The first-order chi connectivity index (χ1) is 8.93. The molecule has 9 nitrogen and oxygen atoms in total. The van der Waals surface area contributed by atoms with Crippen LogP contribution in [0.25, 0.3) is 0 Å². The van der Waals surface area contributed by atoms with Crippen molar-refractivity contribution < 1.29 is 39.9 Å². The van der Waals surface area contributed by atoms with Crippen molar-refractivity contribution in [2.24, 2.45) is 5.73 Å². The van der Waals surface area contributed by atoms with Crippen molar-refractivity contribution in [3.8, 4) is 0 Å². The van der Waals surface area contributed by atoms with Gasteiger partial charge >= 0.3 is 18.0 Å². The minimum atomic E-state index is -1.33.